The summed E-state index contributed by atoms with van der Waals surface area (Å²) >= 11 is 1.31. The molecule has 1 aliphatic rings. The fourth-order valence-corrected chi connectivity index (χ4v) is 4.66. The van der Waals surface area contributed by atoms with E-state index >= 15 is 0 Å². The van der Waals surface area contributed by atoms with E-state index in [1.807, 2.05) is 18.2 Å². The number of carbonyl (C=O) groups is 1. The Bertz CT molecular complexity index is 915. The number of amides is 1. The maximum Gasteiger partial charge on any atom is 0.256 e. The molecule has 0 aliphatic carbocycles. The van der Waals surface area contributed by atoms with Gasteiger partial charge in [0.05, 0.1) is 17.1 Å². The van der Waals surface area contributed by atoms with Crippen molar-refractivity contribution >= 4 is 32.1 Å². The third-order valence-electron chi connectivity index (χ3n) is 4.05. The van der Waals surface area contributed by atoms with Crippen molar-refractivity contribution in [2.45, 2.75) is 6.54 Å². The molecule has 0 unspecified atom stereocenters. The molecule has 25 heavy (non-hydrogen) atoms. The summed E-state index contributed by atoms with van der Waals surface area (Å²) in [4.78, 5) is 14.5. The molecule has 1 aromatic heterocycles. The molecule has 8 heteroatoms. The first-order valence-corrected chi connectivity index (χ1v) is 10.5. The Kier molecular flexibility index (Phi) is 5.18. The van der Waals surface area contributed by atoms with Crippen LogP contribution in [-0.2, 0) is 16.4 Å². The molecule has 0 radical (unpaired) electrons. The zero-order valence-corrected chi connectivity index (χ0v) is 15.1. The average molecular weight is 375 g/mol. The summed E-state index contributed by atoms with van der Waals surface area (Å²) in [6.45, 7) is 1.64. The standard InChI is InChI=1S/C17H17N3O3S2/c18-11-15-4-7-24-17(15)19-16(21)14-3-1-2-13(10-14)12-20-5-8-25(22,23)9-6-20/h1-4,7,10H,5-6,8-9,12H2,(H,19,21). The zero-order valence-electron chi connectivity index (χ0n) is 13.4. The minimum absolute atomic E-state index is 0.183. The lowest BCUT2D eigenvalue weighted by molar-refractivity contribution is 0.102. The summed E-state index contributed by atoms with van der Waals surface area (Å²) in [7, 11) is -2.90. The highest BCUT2D eigenvalue weighted by molar-refractivity contribution is 7.91. The normalized spacial score (nSPS) is 16.9. The Labute approximate surface area is 150 Å². The molecule has 0 saturated carbocycles. The number of carbonyl (C=O) groups excluding carboxylic acids is 1. The Hall–Kier alpha value is -2.21. The van der Waals surface area contributed by atoms with Gasteiger partial charge in [0.1, 0.15) is 11.1 Å². The van der Waals surface area contributed by atoms with Gasteiger partial charge < -0.3 is 5.32 Å². The van der Waals surface area contributed by atoms with E-state index in [1.165, 1.54) is 11.3 Å². The molecule has 1 aromatic carbocycles. The van der Waals surface area contributed by atoms with Crippen LogP contribution in [0.4, 0.5) is 5.00 Å². The van der Waals surface area contributed by atoms with Crippen LogP contribution in [0.15, 0.2) is 35.7 Å². The highest BCUT2D eigenvalue weighted by atomic mass is 32.2. The molecule has 1 N–H and O–H groups in total. The van der Waals surface area contributed by atoms with Gasteiger partial charge in [-0.15, -0.1) is 11.3 Å². The minimum Gasteiger partial charge on any atom is -0.312 e. The number of sulfone groups is 1. The number of nitrogens with zero attached hydrogens (tertiary/aromatic N) is 2. The molecular formula is C17H17N3O3S2. The molecule has 2 aromatic rings. The van der Waals surface area contributed by atoms with E-state index in [2.05, 4.69) is 10.2 Å². The summed E-state index contributed by atoms with van der Waals surface area (Å²) in [6.07, 6.45) is 0. The molecule has 0 atom stereocenters. The summed E-state index contributed by atoms with van der Waals surface area (Å²) in [5.74, 6) is 0.104. The summed E-state index contributed by atoms with van der Waals surface area (Å²) in [5.41, 5.74) is 1.92. The number of thiophene rings is 1. The number of nitrogens with one attached hydrogen (secondary N) is 1. The van der Waals surface area contributed by atoms with Gasteiger partial charge >= 0.3 is 0 Å². The molecule has 1 amide bonds. The first kappa shape index (κ1) is 17.6. The van der Waals surface area contributed by atoms with E-state index in [9.17, 15) is 13.2 Å². The second-order valence-corrected chi connectivity index (χ2v) is 9.08. The van der Waals surface area contributed by atoms with Crippen LogP contribution < -0.4 is 5.32 Å². The van der Waals surface area contributed by atoms with Gasteiger partial charge in [0, 0.05) is 25.2 Å². The number of rotatable bonds is 4. The van der Waals surface area contributed by atoms with E-state index < -0.39 is 9.84 Å². The number of nitriles is 1. The number of hydrogen-bond acceptors (Lipinski definition) is 6. The van der Waals surface area contributed by atoms with Crippen molar-refractivity contribution in [3.05, 3.63) is 52.4 Å². The molecule has 0 spiro atoms. The SMILES string of the molecule is N#Cc1ccsc1NC(=O)c1cccc(CN2CCS(=O)(=O)CC2)c1. The molecular weight excluding hydrogens is 358 g/mol. The van der Waals surface area contributed by atoms with E-state index in [0.717, 1.165) is 5.56 Å². The summed E-state index contributed by atoms with van der Waals surface area (Å²) < 4.78 is 23.0. The molecule has 0 bridgehead atoms. The van der Waals surface area contributed by atoms with Crippen molar-refractivity contribution in [3.63, 3.8) is 0 Å². The topological polar surface area (TPSA) is 90.3 Å². The lowest BCUT2D eigenvalue weighted by Gasteiger charge is -2.26. The van der Waals surface area contributed by atoms with Gasteiger partial charge in [-0.3, -0.25) is 9.69 Å². The van der Waals surface area contributed by atoms with Gasteiger partial charge in [-0.05, 0) is 29.1 Å². The van der Waals surface area contributed by atoms with E-state index in [4.69, 9.17) is 5.26 Å². The van der Waals surface area contributed by atoms with Crippen LogP contribution in [0, 0.1) is 11.3 Å². The Morgan fingerprint density at radius 1 is 1.28 bits per heavy atom. The molecule has 1 fully saturated rings. The van der Waals surface area contributed by atoms with Gasteiger partial charge in [-0.25, -0.2) is 8.42 Å². The Morgan fingerprint density at radius 3 is 2.76 bits per heavy atom. The van der Waals surface area contributed by atoms with Crippen molar-refractivity contribution in [2.24, 2.45) is 0 Å². The third kappa shape index (κ3) is 4.45. The number of benzene rings is 1. The monoisotopic (exact) mass is 375 g/mol. The van der Waals surface area contributed by atoms with Crippen LogP contribution in [0.25, 0.3) is 0 Å². The van der Waals surface area contributed by atoms with Gasteiger partial charge in [0.2, 0.25) is 0 Å². The smallest absolute Gasteiger partial charge is 0.256 e. The van der Waals surface area contributed by atoms with Crippen molar-refractivity contribution in [3.8, 4) is 6.07 Å². The maximum atomic E-state index is 12.4. The van der Waals surface area contributed by atoms with Gasteiger partial charge in [0.15, 0.2) is 9.84 Å². The summed E-state index contributed by atoms with van der Waals surface area (Å²) in [5, 5.41) is 14.1. The van der Waals surface area contributed by atoms with Crippen LogP contribution in [0.1, 0.15) is 21.5 Å². The highest BCUT2D eigenvalue weighted by Crippen LogP contribution is 2.23. The maximum absolute atomic E-state index is 12.4. The average Bonchev–Trinajstić information content (AvgIpc) is 3.04. The second kappa shape index (κ2) is 7.35. The lowest BCUT2D eigenvalue weighted by atomic mass is 10.1. The minimum atomic E-state index is -2.90. The fourth-order valence-electron chi connectivity index (χ4n) is 2.65. The lowest BCUT2D eigenvalue weighted by Crippen LogP contribution is -2.39. The molecule has 1 saturated heterocycles. The van der Waals surface area contributed by atoms with Gasteiger partial charge in [-0.2, -0.15) is 5.26 Å². The second-order valence-electron chi connectivity index (χ2n) is 5.86. The molecule has 130 valence electrons. The number of hydrogen-bond donors (Lipinski definition) is 1. The van der Waals surface area contributed by atoms with E-state index in [-0.39, 0.29) is 17.4 Å². The van der Waals surface area contributed by atoms with Crippen molar-refractivity contribution < 1.29 is 13.2 Å². The van der Waals surface area contributed by atoms with Crippen LogP contribution in [0.5, 0.6) is 0 Å². The predicted molar refractivity (Wildman–Crippen MR) is 97.4 cm³/mol. The largest absolute Gasteiger partial charge is 0.312 e. The van der Waals surface area contributed by atoms with E-state index in [0.29, 0.717) is 35.8 Å². The number of anilines is 1. The van der Waals surface area contributed by atoms with Crippen molar-refractivity contribution in [2.75, 3.05) is 29.9 Å². The molecule has 3 rings (SSSR count). The fraction of sp³-hybridized carbons (Fsp3) is 0.294. The van der Waals surface area contributed by atoms with Crippen LogP contribution >= 0.6 is 11.3 Å². The Morgan fingerprint density at radius 2 is 2.04 bits per heavy atom. The summed E-state index contributed by atoms with van der Waals surface area (Å²) in [6, 6.07) is 11.0. The molecule has 6 nitrogen and oxygen atoms in total. The first-order valence-electron chi connectivity index (χ1n) is 7.77. The van der Waals surface area contributed by atoms with Gasteiger partial charge in [0.25, 0.3) is 5.91 Å². The van der Waals surface area contributed by atoms with Crippen molar-refractivity contribution in [1.82, 2.24) is 4.90 Å². The zero-order chi connectivity index (χ0) is 17.9. The van der Waals surface area contributed by atoms with Crippen LogP contribution in [-0.4, -0.2) is 43.8 Å². The molecule has 2 heterocycles. The van der Waals surface area contributed by atoms with E-state index in [1.54, 1.807) is 23.6 Å². The third-order valence-corrected chi connectivity index (χ3v) is 6.48. The van der Waals surface area contributed by atoms with Crippen LogP contribution in [0.3, 0.4) is 0 Å². The van der Waals surface area contributed by atoms with Crippen molar-refractivity contribution in [1.29, 1.82) is 5.26 Å². The highest BCUT2D eigenvalue weighted by Gasteiger charge is 2.21. The quantitative estimate of drug-likeness (QED) is 0.884. The molecule has 1 aliphatic heterocycles. The Balaban J connectivity index is 1.67. The predicted octanol–water partition coefficient (Wildman–Crippen LogP) is 2.10. The van der Waals surface area contributed by atoms with Gasteiger partial charge in [-0.1, -0.05) is 12.1 Å². The van der Waals surface area contributed by atoms with Crippen LogP contribution in [0.2, 0.25) is 0 Å². The first-order chi connectivity index (χ1) is 12.0.